The van der Waals surface area contributed by atoms with Gasteiger partial charge in [0.2, 0.25) is 0 Å². The van der Waals surface area contributed by atoms with E-state index in [1.54, 1.807) is 30.9 Å². The van der Waals surface area contributed by atoms with Gasteiger partial charge in [0.05, 0.1) is 18.0 Å². The summed E-state index contributed by atoms with van der Waals surface area (Å²) in [5.41, 5.74) is 0.611. The van der Waals surface area contributed by atoms with Gasteiger partial charge in [-0.05, 0) is 12.1 Å². The number of imidazole rings is 1. The minimum Gasteiger partial charge on any atom is -0.368 e. The summed E-state index contributed by atoms with van der Waals surface area (Å²) in [4.78, 5) is 8.07. The lowest BCUT2D eigenvalue weighted by molar-refractivity contribution is 0.725. The van der Waals surface area contributed by atoms with Crippen molar-refractivity contribution in [3.05, 3.63) is 42.6 Å². The van der Waals surface area contributed by atoms with Gasteiger partial charge in [0.15, 0.2) is 0 Å². The van der Waals surface area contributed by atoms with Gasteiger partial charge in [-0.1, -0.05) is 0 Å². The van der Waals surface area contributed by atoms with Crippen LogP contribution in [0.25, 0.3) is 0 Å². The molecule has 0 radical (unpaired) electrons. The van der Waals surface area contributed by atoms with Crippen LogP contribution in [0.4, 0.5) is 5.82 Å². The zero-order valence-electron chi connectivity index (χ0n) is 8.67. The Balaban J connectivity index is 1.88. The standard InChI is InChI=1S/C11H11N5/c12-8-10-1-2-14-11(7-10)15-4-6-16-5-3-13-9-16/h1-3,5,7,9H,4,6H2,(H,14,15). The molecule has 0 aliphatic rings. The predicted molar refractivity (Wildman–Crippen MR) is 59.7 cm³/mol. The summed E-state index contributed by atoms with van der Waals surface area (Å²) in [5.74, 6) is 0.721. The highest BCUT2D eigenvalue weighted by Crippen LogP contribution is 2.04. The molecular weight excluding hydrogens is 202 g/mol. The SMILES string of the molecule is N#Cc1ccnc(NCCn2ccnc2)c1. The minimum absolute atomic E-state index is 0.611. The monoisotopic (exact) mass is 213 g/mol. The molecule has 0 bridgehead atoms. The molecular formula is C11H11N5. The molecule has 0 saturated heterocycles. The fourth-order valence-corrected chi connectivity index (χ4v) is 1.33. The molecule has 0 saturated carbocycles. The average molecular weight is 213 g/mol. The number of hydrogen-bond acceptors (Lipinski definition) is 4. The molecule has 16 heavy (non-hydrogen) atoms. The van der Waals surface area contributed by atoms with Crippen molar-refractivity contribution < 1.29 is 0 Å². The third kappa shape index (κ3) is 2.58. The Morgan fingerprint density at radius 2 is 2.38 bits per heavy atom. The van der Waals surface area contributed by atoms with Gasteiger partial charge in [-0.2, -0.15) is 5.26 Å². The van der Waals surface area contributed by atoms with Crippen LogP contribution in [0.3, 0.4) is 0 Å². The highest BCUT2D eigenvalue weighted by Gasteiger charge is 1.95. The van der Waals surface area contributed by atoms with E-state index in [1.807, 2.05) is 10.8 Å². The summed E-state index contributed by atoms with van der Waals surface area (Å²) in [6, 6.07) is 5.49. The molecule has 5 heteroatoms. The third-order valence-electron chi connectivity index (χ3n) is 2.12. The van der Waals surface area contributed by atoms with Crippen LogP contribution in [0, 0.1) is 11.3 Å². The quantitative estimate of drug-likeness (QED) is 0.830. The Kier molecular flexibility index (Phi) is 3.14. The van der Waals surface area contributed by atoms with Gasteiger partial charge in [-0.3, -0.25) is 0 Å². The van der Waals surface area contributed by atoms with Crippen molar-refractivity contribution in [2.45, 2.75) is 6.54 Å². The summed E-state index contributed by atoms with van der Waals surface area (Å²) in [6.07, 6.45) is 7.04. The first-order chi connectivity index (χ1) is 7.88. The van der Waals surface area contributed by atoms with E-state index in [0.717, 1.165) is 18.9 Å². The van der Waals surface area contributed by atoms with E-state index in [-0.39, 0.29) is 0 Å². The van der Waals surface area contributed by atoms with Gasteiger partial charge in [-0.15, -0.1) is 0 Å². The van der Waals surface area contributed by atoms with Crippen molar-refractivity contribution in [3.63, 3.8) is 0 Å². The first-order valence-electron chi connectivity index (χ1n) is 4.94. The van der Waals surface area contributed by atoms with E-state index < -0.39 is 0 Å². The van der Waals surface area contributed by atoms with Crippen molar-refractivity contribution >= 4 is 5.82 Å². The molecule has 0 aromatic carbocycles. The van der Waals surface area contributed by atoms with Gasteiger partial charge in [0, 0.05) is 31.7 Å². The summed E-state index contributed by atoms with van der Waals surface area (Å²) in [5, 5.41) is 11.9. The average Bonchev–Trinajstić information content (AvgIpc) is 2.82. The van der Waals surface area contributed by atoms with E-state index in [4.69, 9.17) is 5.26 Å². The molecule has 0 spiro atoms. The van der Waals surface area contributed by atoms with Crippen molar-refractivity contribution in [3.8, 4) is 6.07 Å². The number of anilines is 1. The zero-order chi connectivity index (χ0) is 11.2. The predicted octanol–water partition coefficient (Wildman–Crippen LogP) is 1.26. The van der Waals surface area contributed by atoms with Crippen molar-refractivity contribution in [2.24, 2.45) is 0 Å². The minimum atomic E-state index is 0.611. The van der Waals surface area contributed by atoms with E-state index in [1.165, 1.54) is 0 Å². The van der Waals surface area contributed by atoms with Gasteiger partial charge < -0.3 is 9.88 Å². The third-order valence-corrected chi connectivity index (χ3v) is 2.12. The molecule has 1 N–H and O–H groups in total. The lowest BCUT2D eigenvalue weighted by atomic mass is 10.3. The Morgan fingerprint density at radius 1 is 1.44 bits per heavy atom. The van der Waals surface area contributed by atoms with Gasteiger partial charge in [0.25, 0.3) is 0 Å². The summed E-state index contributed by atoms with van der Waals surface area (Å²) < 4.78 is 1.97. The summed E-state index contributed by atoms with van der Waals surface area (Å²) >= 11 is 0. The fourth-order valence-electron chi connectivity index (χ4n) is 1.33. The molecule has 80 valence electrons. The Morgan fingerprint density at radius 3 is 3.12 bits per heavy atom. The first kappa shape index (κ1) is 10.2. The van der Waals surface area contributed by atoms with Crippen LogP contribution in [-0.4, -0.2) is 21.1 Å². The number of rotatable bonds is 4. The lowest BCUT2D eigenvalue weighted by Crippen LogP contribution is -2.10. The van der Waals surface area contributed by atoms with Gasteiger partial charge in [-0.25, -0.2) is 9.97 Å². The molecule has 0 aliphatic carbocycles. The van der Waals surface area contributed by atoms with Gasteiger partial charge >= 0.3 is 0 Å². The van der Waals surface area contributed by atoms with Crippen LogP contribution in [0.2, 0.25) is 0 Å². The molecule has 2 rings (SSSR count). The second kappa shape index (κ2) is 4.94. The maximum atomic E-state index is 8.72. The molecule has 2 heterocycles. The van der Waals surface area contributed by atoms with E-state index in [9.17, 15) is 0 Å². The van der Waals surface area contributed by atoms with Crippen LogP contribution >= 0.6 is 0 Å². The van der Waals surface area contributed by atoms with E-state index in [2.05, 4.69) is 21.4 Å². The molecule has 0 atom stereocenters. The molecule has 0 unspecified atom stereocenters. The number of pyridine rings is 1. The van der Waals surface area contributed by atoms with Crippen LogP contribution in [-0.2, 0) is 6.54 Å². The van der Waals surface area contributed by atoms with Crippen LogP contribution in [0.5, 0.6) is 0 Å². The summed E-state index contributed by atoms with van der Waals surface area (Å²) in [7, 11) is 0. The molecule has 0 amide bonds. The smallest absolute Gasteiger partial charge is 0.127 e. The zero-order valence-corrected chi connectivity index (χ0v) is 8.67. The number of nitrogens with one attached hydrogen (secondary N) is 1. The number of aromatic nitrogens is 3. The fraction of sp³-hybridized carbons (Fsp3) is 0.182. The topological polar surface area (TPSA) is 66.5 Å². The molecule has 5 nitrogen and oxygen atoms in total. The number of hydrogen-bond donors (Lipinski definition) is 1. The van der Waals surface area contributed by atoms with Crippen LogP contribution in [0.1, 0.15) is 5.56 Å². The second-order valence-electron chi connectivity index (χ2n) is 3.27. The second-order valence-corrected chi connectivity index (χ2v) is 3.27. The lowest BCUT2D eigenvalue weighted by Gasteiger charge is -2.05. The highest BCUT2D eigenvalue weighted by atomic mass is 15.1. The van der Waals surface area contributed by atoms with Crippen molar-refractivity contribution in [2.75, 3.05) is 11.9 Å². The number of nitrogens with zero attached hydrogens (tertiary/aromatic N) is 4. The molecule has 0 fully saturated rings. The summed E-state index contributed by atoms with van der Waals surface area (Å²) in [6.45, 7) is 1.57. The van der Waals surface area contributed by atoms with Crippen LogP contribution in [0.15, 0.2) is 37.1 Å². The highest BCUT2D eigenvalue weighted by molar-refractivity contribution is 5.42. The maximum absolute atomic E-state index is 8.72. The molecule has 2 aromatic rings. The largest absolute Gasteiger partial charge is 0.368 e. The number of nitriles is 1. The Bertz CT molecular complexity index is 483. The normalized spacial score (nSPS) is 9.69. The van der Waals surface area contributed by atoms with E-state index >= 15 is 0 Å². The first-order valence-corrected chi connectivity index (χ1v) is 4.94. The van der Waals surface area contributed by atoms with E-state index in [0.29, 0.717) is 5.56 Å². The van der Waals surface area contributed by atoms with Crippen molar-refractivity contribution in [1.29, 1.82) is 5.26 Å². The molecule has 0 aliphatic heterocycles. The van der Waals surface area contributed by atoms with Crippen molar-refractivity contribution in [1.82, 2.24) is 14.5 Å². The van der Waals surface area contributed by atoms with Gasteiger partial charge in [0.1, 0.15) is 5.82 Å². The Hall–Kier alpha value is -2.35. The maximum Gasteiger partial charge on any atom is 0.127 e. The molecule has 2 aromatic heterocycles. The Labute approximate surface area is 93.4 Å². The van der Waals surface area contributed by atoms with Crippen LogP contribution < -0.4 is 5.32 Å².